The summed E-state index contributed by atoms with van der Waals surface area (Å²) in [6.07, 6.45) is 6.58. The minimum Gasteiger partial charge on any atom is -0.491 e. The highest BCUT2D eigenvalue weighted by Gasteiger charge is 2.16. The number of benzene rings is 1. The van der Waals surface area contributed by atoms with Crippen LogP contribution in [0.15, 0.2) is 12.1 Å². The fraction of sp³-hybridized carbons (Fsp3) is 0.571. The summed E-state index contributed by atoms with van der Waals surface area (Å²) in [4.78, 5) is 0. The normalized spacial score (nSPS) is 17.1. The van der Waals surface area contributed by atoms with Gasteiger partial charge in [0.2, 0.25) is 0 Å². The van der Waals surface area contributed by atoms with E-state index in [9.17, 15) is 0 Å². The van der Waals surface area contributed by atoms with Gasteiger partial charge in [-0.15, -0.1) is 0 Å². The molecule has 1 saturated carbocycles. The summed E-state index contributed by atoms with van der Waals surface area (Å²) in [6, 6.07) is 3.76. The predicted molar refractivity (Wildman–Crippen MR) is 73.3 cm³/mol. The Morgan fingerprint density at radius 3 is 2.59 bits per heavy atom. The van der Waals surface area contributed by atoms with Crippen molar-refractivity contribution in [2.45, 2.75) is 39.0 Å². The van der Waals surface area contributed by atoms with Crippen LogP contribution in [0.3, 0.4) is 0 Å². The van der Waals surface area contributed by atoms with Crippen molar-refractivity contribution in [1.82, 2.24) is 0 Å². The van der Waals surface area contributed by atoms with E-state index in [1.807, 2.05) is 19.1 Å². The van der Waals surface area contributed by atoms with Crippen molar-refractivity contribution >= 4 is 23.2 Å². The van der Waals surface area contributed by atoms with Crippen molar-refractivity contribution in [2.24, 2.45) is 5.92 Å². The maximum absolute atomic E-state index is 6.16. The second-order valence-electron chi connectivity index (χ2n) is 4.82. The first-order valence-corrected chi connectivity index (χ1v) is 7.01. The number of ether oxygens (including phenoxy) is 1. The van der Waals surface area contributed by atoms with Gasteiger partial charge in [-0.25, -0.2) is 0 Å². The molecule has 0 unspecified atom stereocenters. The lowest BCUT2D eigenvalue weighted by Crippen LogP contribution is -2.15. The van der Waals surface area contributed by atoms with Crippen molar-refractivity contribution in [1.29, 1.82) is 0 Å². The molecular formula is C14H18Cl2O. The summed E-state index contributed by atoms with van der Waals surface area (Å²) in [7, 11) is 0. The summed E-state index contributed by atoms with van der Waals surface area (Å²) in [6.45, 7) is 2.76. The molecule has 0 spiro atoms. The average molecular weight is 273 g/mol. The van der Waals surface area contributed by atoms with Crippen LogP contribution in [0.5, 0.6) is 5.75 Å². The maximum Gasteiger partial charge on any atom is 0.142 e. The summed E-state index contributed by atoms with van der Waals surface area (Å²) in [5.41, 5.74) is 1.05. The van der Waals surface area contributed by atoms with Crippen molar-refractivity contribution in [3.63, 3.8) is 0 Å². The van der Waals surface area contributed by atoms with Crippen molar-refractivity contribution in [3.05, 3.63) is 27.7 Å². The Balaban J connectivity index is 2.00. The fourth-order valence-electron chi connectivity index (χ4n) is 2.36. The van der Waals surface area contributed by atoms with E-state index in [1.54, 1.807) is 0 Å². The first kappa shape index (κ1) is 13.0. The number of halogens is 2. The Labute approximate surface area is 113 Å². The molecule has 1 aliphatic rings. The molecule has 3 heteroatoms. The number of hydrogen-bond donors (Lipinski definition) is 0. The summed E-state index contributed by atoms with van der Waals surface area (Å²) in [5.74, 6) is 1.43. The molecule has 1 aromatic rings. The molecule has 0 aromatic heterocycles. The monoisotopic (exact) mass is 272 g/mol. The third kappa shape index (κ3) is 3.29. The Hall–Kier alpha value is -0.400. The van der Waals surface area contributed by atoms with Crippen molar-refractivity contribution in [3.8, 4) is 5.75 Å². The second kappa shape index (κ2) is 5.97. The molecule has 1 aliphatic carbocycles. The zero-order valence-electron chi connectivity index (χ0n) is 10.1. The molecule has 0 aliphatic heterocycles. The molecule has 1 nitrogen and oxygen atoms in total. The lowest BCUT2D eigenvalue weighted by molar-refractivity contribution is 0.208. The minimum absolute atomic E-state index is 0.544. The molecule has 0 radical (unpaired) electrons. The topological polar surface area (TPSA) is 9.23 Å². The molecule has 1 fully saturated rings. The number of rotatable bonds is 3. The highest BCUT2D eigenvalue weighted by molar-refractivity contribution is 6.43. The first-order valence-electron chi connectivity index (χ1n) is 6.26. The molecule has 1 aromatic carbocycles. The molecule has 0 bridgehead atoms. The minimum atomic E-state index is 0.544. The number of hydrogen-bond acceptors (Lipinski definition) is 1. The van der Waals surface area contributed by atoms with Crippen LogP contribution in [0.25, 0.3) is 0 Å². The molecule has 0 saturated heterocycles. The largest absolute Gasteiger partial charge is 0.491 e. The van der Waals surface area contributed by atoms with Gasteiger partial charge in [-0.1, -0.05) is 48.5 Å². The lowest BCUT2D eigenvalue weighted by atomic mass is 9.90. The van der Waals surface area contributed by atoms with Gasteiger partial charge in [0.25, 0.3) is 0 Å². The molecular weight excluding hydrogens is 255 g/mol. The fourth-order valence-corrected chi connectivity index (χ4v) is 2.78. The molecule has 94 valence electrons. The summed E-state index contributed by atoms with van der Waals surface area (Å²) >= 11 is 12.2. The van der Waals surface area contributed by atoms with Crippen LogP contribution < -0.4 is 4.74 Å². The van der Waals surface area contributed by atoms with Gasteiger partial charge in [-0.3, -0.25) is 0 Å². The Bertz CT molecular complexity index is 384. The van der Waals surface area contributed by atoms with Crippen LogP contribution in [0.4, 0.5) is 0 Å². The van der Waals surface area contributed by atoms with Gasteiger partial charge in [-0.05, 0) is 37.3 Å². The number of aryl methyl sites for hydroxylation is 1. The zero-order valence-corrected chi connectivity index (χ0v) is 11.7. The van der Waals surface area contributed by atoms with Gasteiger partial charge in [0.05, 0.1) is 11.6 Å². The molecule has 0 atom stereocenters. The van der Waals surface area contributed by atoms with E-state index in [4.69, 9.17) is 27.9 Å². The summed E-state index contributed by atoms with van der Waals surface area (Å²) in [5, 5.41) is 1.11. The highest BCUT2D eigenvalue weighted by atomic mass is 35.5. The lowest BCUT2D eigenvalue weighted by Gasteiger charge is -2.22. The van der Waals surface area contributed by atoms with E-state index in [-0.39, 0.29) is 0 Å². The Morgan fingerprint density at radius 1 is 1.18 bits per heavy atom. The van der Waals surface area contributed by atoms with Gasteiger partial charge >= 0.3 is 0 Å². The predicted octanol–water partition coefficient (Wildman–Crippen LogP) is 5.26. The van der Waals surface area contributed by atoms with Gasteiger partial charge in [0, 0.05) is 0 Å². The van der Waals surface area contributed by atoms with Gasteiger partial charge in [-0.2, -0.15) is 0 Å². The maximum atomic E-state index is 6.16. The highest BCUT2D eigenvalue weighted by Crippen LogP contribution is 2.35. The van der Waals surface area contributed by atoms with E-state index in [1.165, 1.54) is 32.1 Å². The van der Waals surface area contributed by atoms with E-state index in [0.29, 0.717) is 16.0 Å². The smallest absolute Gasteiger partial charge is 0.142 e. The SMILES string of the molecule is Cc1ccc(Cl)c(Cl)c1OCC1CCCCC1. The van der Waals surface area contributed by atoms with Crippen molar-refractivity contribution < 1.29 is 4.74 Å². The molecule has 2 rings (SSSR count). The third-order valence-electron chi connectivity index (χ3n) is 3.43. The molecule has 0 amide bonds. The second-order valence-corrected chi connectivity index (χ2v) is 5.61. The quantitative estimate of drug-likeness (QED) is 0.729. The Kier molecular flexibility index (Phi) is 4.58. The van der Waals surface area contributed by atoms with E-state index in [0.717, 1.165) is 17.9 Å². The van der Waals surface area contributed by atoms with E-state index >= 15 is 0 Å². The summed E-state index contributed by atoms with van der Waals surface area (Å²) < 4.78 is 5.87. The first-order chi connectivity index (χ1) is 8.18. The molecule has 0 N–H and O–H groups in total. The van der Waals surface area contributed by atoms with Crippen LogP contribution in [0.2, 0.25) is 10.0 Å². The molecule has 17 heavy (non-hydrogen) atoms. The zero-order chi connectivity index (χ0) is 12.3. The van der Waals surface area contributed by atoms with Gasteiger partial charge < -0.3 is 4.74 Å². The van der Waals surface area contributed by atoms with E-state index < -0.39 is 0 Å². The van der Waals surface area contributed by atoms with E-state index in [2.05, 4.69) is 0 Å². The van der Waals surface area contributed by atoms with Crippen LogP contribution in [-0.4, -0.2) is 6.61 Å². The standard InChI is InChI=1S/C14H18Cl2O/c1-10-7-8-12(15)13(16)14(10)17-9-11-5-3-2-4-6-11/h7-8,11H,2-6,9H2,1H3. The van der Waals surface area contributed by atoms with Gasteiger partial charge in [0.1, 0.15) is 10.8 Å². The van der Waals surface area contributed by atoms with Crippen LogP contribution in [0, 0.1) is 12.8 Å². The van der Waals surface area contributed by atoms with Crippen LogP contribution in [-0.2, 0) is 0 Å². The molecule has 0 heterocycles. The van der Waals surface area contributed by atoms with Crippen LogP contribution in [0.1, 0.15) is 37.7 Å². The van der Waals surface area contributed by atoms with Gasteiger partial charge in [0.15, 0.2) is 0 Å². The average Bonchev–Trinajstić information content (AvgIpc) is 2.35. The Morgan fingerprint density at radius 2 is 1.88 bits per heavy atom. The van der Waals surface area contributed by atoms with Crippen molar-refractivity contribution in [2.75, 3.05) is 6.61 Å². The van der Waals surface area contributed by atoms with Crippen LogP contribution >= 0.6 is 23.2 Å². The third-order valence-corrected chi connectivity index (χ3v) is 4.22.